The Morgan fingerprint density at radius 2 is 1.94 bits per heavy atom. The first-order valence-corrected chi connectivity index (χ1v) is 5.55. The van der Waals surface area contributed by atoms with Crippen LogP contribution in [0.1, 0.15) is 19.8 Å². The molecule has 0 amide bonds. The highest BCUT2D eigenvalue weighted by atomic mass is 32.1. The van der Waals surface area contributed by atoms with Crippen molar-refractivity contribution in [3.63, 3.8) is 0 Å². The van der Waals surface area contributed by atoms with Gasteiger partial charge in [-0.15, -0.1) is 0 Å². The van der Waals surface area contributed by atoms with E-state index in [0.29, 0.717) is 6.54 Å². The summed E-state index contributed by atoms with van der Waals surface area (Å²) in [7, 11) is 0. The number of halogens is 2. The summed E-state index contributed by atoms with van der Waals surface area (Å²) in [5, 5.41) is 5.61. The van der Waals surface area contributed by atoms with Gasteiger partial charge in [0.2, 0.25) is 0 Å². The third-order valence-electron chi connectivity index (χ3n) is 2.02. The van der Waals surface area contributed by atoms with Crippen LogP contribution in [0.15, 0.2) is 18.2 Å². The molecule has 0 heterocycles. The summed E-state index contributed by atoms with van der Waals surface area (Å²) in [5.41, 5.74) is -0.212. The third-order valence-corrected chi connectivity index (χ3v) is 2.26. The molecule has 0 unspecified atom stereocenters. The maximum Gasteiger partial charge on any atom is 0.170 e. The van der Waals surface area contributed by atoms with Crippen molar-refractivity contribution < 1.29 is 8.78 Å². The van der Waals surface area contributed by atoms with E-state index in [1.165, 1.54) is 18.2 Å². The van der Waals surface area contributed by atoms with Crippen LogP contribution in [0.4, 0.5) is 14.5 Å². The van der Waals surface area contributed by atoms with Gasteiger partial charge in [-0.2, -0.15) is 0 Å². The molecular formula is C11H14F2N2S. The zero-order valence-electron chi connectivity index (χ0n) is 9.02. The zero-order chi connectivity index (χ0) is 12.0. The summed E-state index contributed by atoms with van der Waals surface area (Å²) >= 11 is 4.91. The van der Waals surface area contributed by atoms with Crippen molar-refractivity contribution in [3.05, 3.63) is 29.8 Å². The van der Waals surface area contributed by atoms with Crippen molar-refractivity contribution in [2.24, 2.45) is 0 Å². The highest BCUT2D eigenvalue weighted by molar-refractivity contribution is 7.80. The topological polar surface area (TPSA) is 24.1 Å². The molecule has 2 nitrogen and oxygen atoms in total. The summed E-state index contributed by atoms with van der Waals surface area (Å²) < 4.78 is 26.4. The Hall–Kier alpha value is -1.23. The van der Waals surface area contributed by atoms with E-state index in [2.05, 4.69) is 17.6 Å². The second-order valence-corrected chi connectivity index (χ2v) is 3.74. The third kappa shape index (κ3) is 3.73. The van der Waals surface area contributed by atoms with Gasteiger partial charge in [-0.3, -0.25) is 0 Å². The van der Waals surface area contributed by atoms with Crippen molar-refractivity contribution in [3.8, 4) is 0 Å². The predicted molar refractivity (Wildman–Crippen MR) is 65.5 cm³/mol. The lowest BCUT2D eigenvalue weighted by Crippen LogP contribution is -2.29. The van der Waals surface area contributed by atoms with Crippen LogP contribution in [0, 0.1) is 11.6 Å². The molecule has 0 saturated carbocycles. The monoisotopic (exact) mass is 244 g/mol. The van der Waals surface area contributed by atoms with E-state index in [-0.39, 0.29) is 10.8 Å². The predicted octanol–water partition coefficient (Wildman–Crippen LogP) is 3.05. The first-order chi connectivity index (χ1) is 7.65. The van der Waals surface area contributed by atoms with Crippen LogP contribution in [0.25, 0.3) is 0 Å². The number of nitrogens with one attached hydrogen (secondary N) is 2. The molecule has 1 aromatic carbocycles. The van der Waals surface area contributed by atoms with Crippen LogP contribution >= 0.6 is 12.2 Å². The van der Waals surface area contributed by atoms with E-state index < -0.39 is 11.6 Å². The standard InChI is InChI=1S/C11H14F2N2S/c1-2-3-7-14-11(16)15-10-8(12)5-4-6-9(10)13/h4-6H,2-3,7H2,1H3,(H2,14,15,16). The summed E-state index contributed by atoms with van der Waals surface area (Å²) in [5.74, 6) is -1.31. The van der Waals surface area contributed by atoms with E-state index in [9.17, 15) is 8.78 Å². The van der Waals surface area contributed by atoms with Crippen LogP contribution in [0.2, 0.25) is 0 Å². The number of anilines is 1. The molecule has 1 aromatic rings. The Morgan fingerprint density at radius 3 is 2.50 bits per heavy atom. The van der Waals surface area contributed by atoms with Gasteiger partial charge in [-0.1, -0.05) is 19.4 Å². The fraction of sp³-hybridized carbons (Fsp3) is 0.364. The van der Waals surface area contributed by atoms with Crippen LogP contribution in [-0.4, -0.2) is 11.7 Å². The van der Waals surface area contributed by atoms with E-state index >= 15 is 0 Å². The minimum absolute atomic E-state index is 0.212. The van der Waals surface area contributed by atoms with E-state index in [4.69, 9.17) is 12.2 Å². The maximum atomic E-state index is 13.2. The van der Waals surface area contributed by atoms with Crippen molar-refractivity contribution in [1.29, 1.82) is 0 Å². The number of thiocarbonyl (C=S) groups is 1. The smallest absolute Gasteiger partial charge is 0.170 e. The Kier molecular flexibility index (Phi) is 5.11. The molecule has 0 bridgehead atoms. The SMILES string of the molecule is CCCCNC(=S)Nc1c(F)cccc1F. The van der Waals surface area contributed by atoms with Crippen molar-refractivity contribution in [2.45, 2.75) is 19.8 Å². The number of rotatable bonds is 4. The van der Waals surface area contributed by atoms with Crippen molar-refractivity contribution in [1.82, 2.24) is 5.32 Å². The second-order valence-electron chi connectivity index (χ2n) is 3.33. The number of benzene rings is 1. The average Bonchev–Trinajstić information content (AvgIpc) is 2.24. The lowest BCUT2D eigenvalue weighted by atomic mass is 10.3. The van der Waals surface area contributed by atoms with Gasteiger partial charge < -0.3 is 10.6 Å². The molecule has 0 aliphatic heterocycles. The number of unbranched alkanes of at least 4 members (excludes halogenated alkanes) is 1. The summed E-state index contributed by atoms with van der Waals surface area (Å²) in [6, 6.07) is 3.67. The molecule has 16 heavy (non-hydrogen) atoms. The Balaban J connectivity index is 2.56. The van der Waals surface area contributed by atoms with Gasteiger partial charge in [-0.05, 0) is 30.8 Å². The normalized spacial score (nSPS) is 9.94. The van der Waals surface area contributed by atoms with Gasteiger partial charge >= 0.3 is 0 Å². The molecule has 0 aliphatic carbocycles. The van der Waals surface area contributed by atoms with Crippen LogP contribution < -0.4 is 10.6 Å². The van der Waals surface area contributed by atoms with Crippen molar-refractivity contribution >= 4 is 23.0 Å². The molecule has 1 rings (SSSR count). The summed E-state index contributed by atoms with van der Waals surface area (Å²) in [6.45, 7) is 2.74. The number of hydrogen-bond acceptors (Lipinski definition) is 1. The van der Waals surface area contributed by atoms with Gasteiger partial charge in [0.05, 0.1) is 0 Å². The van der Waals surface area contributed by atoms with Crippen LogP contribution in [-0.2, 0) is 0 Å². The summed E-state index contributed by atoms with van der Waals surface area (Å²) in [6.07, 6.45) is 1.99. The fourth-order valence-electron chi connectivity index (χ4n) is 1.15. The fourth-order valence-corrected chi connectivity index (χ4v) is 1.36. The largest absolute Gasteiger partial charge is 0.362 e. The van der Waals surface area contributed by atoms with Gasteiger partial charge in [0, 0.05) is 6.54 Å². The highest BCUT2D eigenvalue weighted by Gasteiger charge is 2.08. The molecular weight excluding hydrogens is 230 g/mol. The highest BCUT2D eigenvalue weighted by Crippen LogP contribution is 2.17. The second kappa shape index (κ2) is 6.37. The summed E-state index contributed by atoms with van der Waals surface area (Å²) in [4.78, 5) is 0. The van der Waals surface area contributed by atoms with Crippen molar-refractivity contribution in [2.75, 3.05) is 11.9 Å². The minimum Gasteiger partial charge on any atom is -0.362 e. The molecule has 0 fully saturated rings. The first-order valence-electron chi connectivity index (χ1n) is 5.14. The molecule has 0 aliphatic rings. The Labute approximate surface area is 99.0 Å². The Morgan fingerprint density at radius 1 is 1.31 bits per heavy atom. The van der Waals surface area contributed by atoms with Gasteiger partial charge in [0.1, 0.15) is 17.3 Å². The minimum atomic E-state index is -0.653. The Bertz CT molecular complexity index is 349. The van der Waals surface area contributed by atoms with E-state index in [1.807, 2.05) is 0 Å². The molecule has 0 spiro atoms. The molecule has 0 aromatic heterocycles. The van der Waals surface area contributed by atoms with Gasteiger partial charge in [0.25, 0.3) is 0 Å². The molecule has 2 N–H and O–H groups in total. The molecule has 0 radical (unpaired) electrons. The number of para-hydroxylation sites is 1. The molecule has 5 heteroatoms. The van der Waals surface area contributed by atoms with Crippen LogP contribution in [0.3, 0.4) is 0 Å². The quantitative estimate of drug-likeness (QED) is 0.629. The molecule has 0 saturated heterocycles. The maximum absolute atomic E-state index is 13.2. The molecule has 88 valence electrons. The zero-order valence-corrected chi connectivity index (χ0v) is 9.83. The lowest BCUT2D eigenvalue weighted by molar-refractivity contribution is 0.591. The van der Waals surface area contributed by atoms with E-state index in [0.717, 1.165) is 12.8 Å². The van der Waals surface area contributed by atoms with Gasteiger partial charge in [0.15, 0.2) is 5.11 Å². The van der Waals surface area contributed by atoms with E-state index in [1.54, 1.807) is 0 Å². The first kappa shape index (κ1) is 12.8. The average molecular weight is 244 g/mol. The van der Waals surface area contributed by atoms with Gasteiger partial charge in [-0.25, -0.2) is 8.78 Å². The molecule has 0 atom stereocenters. The number of hydrogen-bond donors (Lipinski definition) is 2. The lowest BCUT2D eigenvalue weighted by Gasteiger charge is -2.11. The van der Waals surface area contributed by atoms with Crippen LogP contribution in [0.5, 0.6) is 0 Å².